The Morgan fingerprint density at radius 1 is 1.42 bits per heavy atom. The first-order chi connectivity index (χ1) is 5.16. The lowest BCUT2D eigenvalue weighted by atomic mass is 10.3. The van der Waals surface area contributed by atoms with Crippen molar-refractivity contribution in [1.82, 2.24) is 0 Å². The molecule has 12 heavy (non-hydrogen) atoms. The molecule has 0 aliphatic carbocycles. The normalized spacial score (nSPS) is 26.8. The van der Waals surface area contributed by atoms with Gasteiger partial charge in [-0.05, 0) is 19.4 Å². The van der Waals surface area contributed by atoms with Crippen LogP contribution in [0.2, 0.25) is 0 Å². The number of hydrogen-bond acceptors (Lipinski definition) is 0. The lowest BCUT2D eigenvalue weighted by molar-refractivity contribution is -0.804. The van der Waals surface area contributed by atoms with Crippen LogP contribution >= 0.6 is 0 Å². The Morgan fingerprint density at radius 3 is 2.50 bits per heavy atom. The summed E-state index contributed by atoms with van der Waals surface area (Å²) in [6.45, 7) is 5.64. The van der Waals surface area contributed by atoms with Gasteiger partial charge in [-0.15, -0.1) is 0 Å². The second kappa shape index (κ2) is 4.68. The highest BCUT2D eigenvalue weighted by molar-refractivity contribution is 5.16. The highest BCUT2D eigenvalue weighted by Crippen LogP contribution is 2.18. The molecule has 1 nitrogen and oxygen atoms in total. The molecule has 0 fully saturated rings. The molecule has 1 rings (SSSR count). The molecule has 1 atom stereocenters. The minimum Gasteiger partial charge on any atom is -1.00 e. The second-order valence-electron chi connectivity index (χ2n) is 3.61. The number of unbranched alkanes of at least 4 members (excludes halogenated alkanes) is 1. The first-order valence-corrected chi connectivity index (χ1v) is 4.40. The van der Waals surface area contributed by atoms with Gasteiger partial charge in [-0.1, -0.05) is 13.3 Å². The fraction of sp³-hybridized carbons (Fsp3) is 0.600. The van der Waals surface area contributed by atoms with Crippen LogP contribution in [0.5, 0.6) is 0 Å². The van der Waals surface area contributed by atoms with Gasteiger partial charge in [0, 0.05) is 5.57 Å². The van der Waals surface area contributed by atoms with Crippen LogP contribution in [0.1, 0.15) is 26.7 Å². The lowest BCUT2D eigenvalue weighted by Crippen LogP contribution is -3.00. The minimum absolute atomic E-state index is 0. The SMILES string of the molecule is CCCC[N+]1(C)C=CC(C)=C1.[Cl-]. The van der Waals surface area contributed by atoms with Crippen LogP contribution in [0.3, 0.4) is 0 Å². The van der Waals surface area contributed by atoms with Crippen LogP contribution in [0.25, 0.3) is 0 Å². The summed E-state index contributed by atoms with van der Waals surface area (Å²) < 4.78 is 1.000. The molecule has 0 aromatic carbocycles. The van der Waals surface area contributed by atoms with Crippen molar-refractivity contribution in [3.05, 3.63) is 24.0 Å². The van der Waals surface area contributed by atoms with E-state index in [0.29, 0.717) is 0 Å². The largest absolute Gasteiger partial charge is 1.00 e. The fourth-order valence-electron chi connectivity index (χ4n) is 1.48. The molecule has 1 aliphatic heterocycles. The van der Waals surface area contributed by atoms with Gasteiger partial charge >= 0.3 is 0 Å². The van der Waals surface area contributed by atoms with Gasteiger partial charge in [-0.25, -0.2) is 0 Å². The zero-order valence-electron chi connectivity index (χ0n) is 8.18. The molecule has 1 unspecified atom stereocenters. The Balaban J connectivity index is 0.00000121. The van der Waals surface area contributed by atoms with Gasteiger partial charge in [0.15, 0.2) is 0 Å². The average Bonchev–Trinajstić information content (AvgIpc) is 2.28. The number of allylic oxidation sites excluding steroid dienone is 2. The number of hydrogen-bond donors (Lipinski definition) is 0. The lowest BCUT2D eigenvalue weighted by Gasteiger charge is -2.22. The van der Waals surface area contributed by atoms with Crippen molar-refractivity contribution in [2.45, 2.75) is 26.7 Å². The number of nitrogens with zero attached hydrogens (tertiary/aromatic N) is 1. The highest BCUT2D eigenvalue weighted by atomic mass is 35.5. The number of halogens is 1. The van der Waals surface area contributed by atoms with E-state index in [0.717, 1.165) is 4.48 Å². The molecule has 0 spiro atoms. The van der Waals surface area contributed by atoms with Gasteiger partial charge in [0.25, 0.3) is 0 Å². The molecule has 0 saturated heterocycles. The average molecular weight is 188 g/mol. The van der Waals surface area contributed by atoms with Gasteiger partial charge in [-0.2, -0.15) is 0 Å². The summed E-state index contributed by atoms with van der Waals surface area (Å²) in [5.41, 5.74) is 1.39. The first-order valence-electron chi connectivity index (χ1n) is 4.40. The van der Waals surface area contributed by atoms with Crippen LogP contribution in [-0.4, -0.2) is 18.1 Å². The monoisotopic (exact) mass is 187 g/mol. The molecule has 0 saturated carbocycles. The standard InChI is InChI=1S/C10H18N.ClH/c1-4-5-7-11(3)8-6-10(2)9-11;/h6,8-9H,4-5,7H2,1-3H3;1H/q+1;/p-1. The summed E-state index contributed by atoms with van der Waals surface area (Å²) in [4.78, 5) is 0. The van der Waals surface area contributed by atoms with Crippen LogP contribution in [0.15, 0.2) is 24.0 Å². The Kier molecular flexibility index (Phi) is 4.58. The van der Waals surface area contributed by atoms with Crippen LogP contribution in [0.4, 0.5) is 0 Å². The van der Waals surface area contributed by atoms with Crippen LogP contribution in [-0.2, 0) is 0 Å². The van der Waals surface area contributed by atoms with Crippen molar-refractivity contribution in [2.75, 3.05) is 13.6 Å². The van der Waals surface area contributed by atoms with E-state index in [-0.39, 0.29) is 12.4 Å². The molecule has 0 N–H and O–H groups in total. The molecule has 0 aromatic rings. The molecule has 1 heterocycles. The number of rotatable bonds is 3. The zero-order chi connectivity index (χ0) is 8.32. The molecule has 2 heteroatoms. The molecule has 0 radical (unpaired) electrons. The zero-order valence-corrected chi connectivity index (χ0v) is 8.93. The van der Waals surface area contributed by atoms with E-state index < -0.39 is 0 Å². The van der Waals surface area contributed by atoms with E-state index in [1.807, 2.05) is 0 Å². The highest BCUT2D eigenvalue weighted by Gasteiger charge is 2.18. The van der Waals surface area contributed by atoms with E-state index in [1.165, 1.54) is 25.0 Å². The van der Waals surface area contributed by atoms with Gasteiger partial charge in [0.2, 0.25) is 0 Å². The van der Waals surface area contributed by atoms with E-state index in [2.05, 4.69) is 39.4 Å². The summed E-state index contributed by atoms with van der Waals surface area (Å²) >= 11 is 0. The van der Waals surface area contributed by atoms with E-state index in [4.69, 9.17) is 0 Å². The summed E-state index contributed by atoms with van der Waals surface area (Å²) in [5, 5.41) is 0. The van der Waals surface area contributed by atoms with E-state index in [9.17, 15) is 0 Å². The molecule has 70 valence electrons. The van der Waals surface area contributed by atoms with Crippen molar-refractivity contribution in [3.8, 4) is 0 Å². The molecule has 1 aliphatic rings. The van der Waals surface area contributed by atoms with Crippen LogP contribution in [0, 0.1) is 0 Å². The predicted octanol–water partition coefficient (Wildman–Crippen LogP) is -0.332. The second-order valence-corrected chi connectivity index (χ2v) is 3.61. The summed E-state index contributed by atoms with van der Waals surface area (Å²) in [5.74, 6) is 0. The quantitative estimate of drug-likeness (QED) is 0.531. The molecule has 0 bridgehead atoms. The topological polar surface area (TPSA) is 0 Å². The molecule has 0 amide bonds. The number of quaternary nitrogens is 1. The molecule has 0 aromatic heterocycles. The third-order valence-electron chi connectivity index (χ3n) is 2.17. The van der Waals surface area contributed by atoms with Crippen LogP contribution < -0.4 is 12.4 Å². The van der Waals surface area contributed by atoms with Crippen molar-refractivity contribution in [1.29, 1.82) is 0 Å². The van der Waals surface area contributed by atoms with Gasteiger partial charge < -0.3 is 12.4 Å². The third kappa shape index (κ3) is 3.00. The smallest absolute Gasteiger partial charge is 0.103 e. The van der Waals surface area contributed by atoms with Crippen molar-refractivity contribution in [3.63, 3.8) is 0 Å². The summed E-state index contributed by atoms with van der Waals surface area (Å²) in [6.07, 6.45) is 9.38. The maximum atomic E-state index is 2.32. The van der Waals surface area contributed by atoms with E-state index >= 15 is 0 Å². The minimum atomic E-state index is 0. The maximum Gasteiger partial charge on any atom is 0.103 e. The van der Waals surface area contributed by atoms with E-state index in [1.54, 1.807) is 0 Å². The molecular weight excluding hydrogens is 170 g/mol. The Hall–Kier alpha value is -0.270. The molecular formula is C10H18ClN. The fourth-order valence-corrected chi connectivity index (χ4v) is 1.48. The van der Waals surface area contributed by atoms with Crippen molar-refractivity contribution < 1.29 is 16.9 Å². The Bertz CT molecular complexity index is 196. The summed E-state index contributed by atoms with van der Waals surface area (Å²) in [6, 6.07) is 0. The Morgan fingerprint density at radius 2 is 2.08 bits per heavy atom. The van der Waals surface area contributed by atoms with Crippen molar-refractivity contribution in [2.24, 2.45) is 0 Å². The maximum absolute atomic E-state index is 2.32. The van der Waals surface area contributed by atoms with Gasteiger partial charge in [-0.3, -0.25) is 4.48 Å². The van der Waals surface area contributed by atoms with Gasteiger partial charge in [0.05, 0.1) is 13.6 Å². The predicted molar refractivity (Wildman–Crippen MR) is 48.9 cm³/mol. The van der Waals surface area contributed by atoms with Gasteiger partial charge in [0.1, 0.15) is 12.4 Å². The summed E-state index contributed by atoms with van der Waals surface area (Å²) in [7, 11) is 2.25. The van der Waals surface area contributed by atoms with Crippen molar-refractivity contribution >= 4 is 0 Å². The Labute approximate surface area is 81.8 Å². The third-order valence-corrected chi connectivity index (χ3v) is 2.17. The first kappa shape index (κ1) is 11.7.